The van der Waals surface area contributed by atoms with Gasteiger partial charge in [-0.15, -0.1) is 40.8 Å². The number of nitrogens with one attached hydrogen (secondary N) is 2. The molecule has 0 radical (unpaired) electrons. The first-order chi connectivity index (χ1) is 13.5. The Balaban J connectivity index is 1.42. The molecule has 28 heavy (non-hydrogen) atoms. The van der Waals surface area contributed by atoms with Crippen LogP contribution in [0.25, 0.3) is 11.9 Å². The summed E-state index contributed by atoms with van der Waals surface area (Å²) in [6, 6.07) is 3.81. The molecule has 14 heteroatoms. The van der Waals surface area contributed by atoms with Crippen molar-refractivity contribution in [3.05, 3.63) is 34.9 Å². The van der Waals surface area contributed by atoms with E-state index in [4.69, 9.17) is 0 Å². The Hall–Kier alpha value is -4.10. The highest BCUT2D eigenvalue weighted by molar-refractivity contribution is 5.33. The SMILES string of the molecule is Cc1cc(C)n(-c2nnc(NNc3nnc(-n4nc(C)cc4C)nn3)nn2)n1. The zero-order chi connectivity index (χ0) is 19.7. The average molecular weight is 380 g/mol. The monoisotopic (exact) mass is 380 g/mol. The van der Waals surface area contributed by atoms with E-state index in [1.54, 1.807) is 9.36 Å². The molecule has 4 heterocycles. The van der Waals surface area contributed by atoms with Crippen LogP contribution in [0.4, 0.5) is 11.9 Å². The minimum atomic E-state index is 0.122. The Kier molecular flexibility index (Phi) is 4.27. The third-order valence-corrected chi connectivity index (χ3v) is 3.62. The van der Waals surface area contributed by atoms with Crippen molar-refractivity contribution in [3.8, 4) is 11.9 Å². The maximum atomic E-state index is 4.28. The molecule has 4 aromatic rings. The molecule has 0 amide bonds. The first-order valence-electron chi connectivity index (χ1n) is 8.24. The highest BCUT2D eigenvalue weighted by Crippen LogP contribution is 2.07. The molecule has 0 spiro atoms. The molecule has 0 saturated carbocycles. The van der Waals surface area contributed by atoms with Gasteiger partial charge in [0.25, 0.3) is 23.8 Å². The molecule has 14 nitrogen and oxygen atoms in total. The van der Waals surface area contributed by atoms with Crippen molar-refractivity contribution in [2.45, 2.75) is 27.7 Å². The minimum Gasteiger partial charge on any atom is -0.263 e. The molecule has 0 unspecified atom stereocenters. The summed E-state index contributed by atoms with van der Waals surface area (Å²) in [5.41, 5.74) is 8.83. The van der Waals surface area contributed by atoms with Crippen molar-refractivity contribution in [2.75, 3.05) is 10.9 Å². The highest BCUT2D eigenvalue weighted by atomic mass is 15.6. The molecule has 0 aliphatic heterocycles. The van der Waals surface area contributed by atoms with Gasteiger partial charge < -0.3 is 0 Å². The molecule has 0 atom stereocenters. The van der Waals surface area contributed by atoms with Gasteiger partial charge in [-0.05, 0) is 39.8 Å². The van der Waals surface area contributed by atoms with Gasteiger partial charge in [-0.2, -0.15) is 10.2 Å². The number of hydrazine groups is 1. The van der Waals surface area contributed by atoms with Crippen molar-refractivity contribution in [1.82, 2.24) is 60.4 Å². The second-order valence-corrected chi connectivity index (χ2v) is 5.98. The van der Waals surface area contributed by atoms with Gasteiger partial charge in [0, 0.05) is 11.4 Å². The number of aryl methyl sites for hydroxylation is 4. The Bertz CT molecular complexity index is 1000. The lowest BCUT2D eigenvalue weighted by Crippen LogP contribution is -2.18. The van der Waals surface area contributed by atoms with Gasteiger partial charge in [0.2, 0.25) is 0 Å². The van der Waals surface area contributed by atoms with Crippen LogP contribution in [0.3, 0.4) is 0 Å². The standard InChI is InChI=1S/C14H16N14/c1-7-5-9(3)27(25-7)13-21-17-11(18-22-13)15-16-12-19-23-14(24-20-12)28-10(4)6-8(2)26-28/h5-6H,1-4H3,(H,15,17,18)(H,16,19,20). The number of nitrogens with zero attached hydrogens (tertiary/aromatic N) is 12. The largest absolute Gasteiger partial charge is 0.289 e. The molecule has 0 saturated heterocycles. The van der Waals surface area contributed by atoms with Gasteiger partial charge in [0.05, 0.1) is 11.4 Å². The smallest absolute Gasteiger partial charge is 0.263 e. The zero-order valence-electron chi connectivity index (χ0n) is 15.5. The van der Waals surface area contributed by atoms with E-state index in [9.17, 15) is 0 Å². The van der Waals surface area contributed by atoms with Crippen molar-refractivity contribution in [1.29, 1.82) is 0 Å². The van der Waals surface area contributed by atoms with E-state index in [0.29, 0.717) is 0 Å². The summed E-state index contributed by atoms with van der Waals surface area (Å²) < 4.78 is 3.11. The van der Waals surface area contributed by atoms with Crippen molar-refractivity contribution in [3.63, 3.8) is 0 Å². The Morgan fingerprint density at radius 1 is 0.571 bits per heavy atom. The molecule has 0 aliphatic carbocycles. The second-order valence-electron chi connectivity index (χ2n) is 5.98. The lowest BCUT2D eigenvalue weighted by molar-refractivity contribution is 0.706. The number of rotatable bonds is 5. The van der Waals surface area contributed by atoms with Gasteiger partial charge in [-0.3, -0.25) is 10.9 Å². The van der Waals surface area contributed by atoms with E-state index in [1.165, 1.54) is 0 Å². The molecule has 0 aliphatic rings. The molecular weight excluding hydrogens is 364 g/mol. The Labute approximate surface area is 158 Å². The van der Waals surface area contributed by atoms with E-state index in [1.807, 2.05) is 39.8 Å². The van der Waals surface area contributed by atoms with Gasteiger partial charge in [-0.25, -0.2) is 9.36 Å². The lowest BCUT2D eigenvalue weighted by atomic mass is 10.4. The van der Waals surface area contributed by atoms with E-state index >= 15 is 0 Å². The summed E-state index contributed by atoms with van der Waals surface area (Å²) in [7, 11) is 0. The van der Waals surface area contributed by atoms with E-state index < -0.39 is 0 Å². The normalized spacial score (nSPS) is 10.9. The quantitative estimate of drug-likeness (QED) is 0.442. The second kappa shape index (κ2) is 6.90. The van der Waals surface area contributed by atoms with Crippen LogP contribution in [0.2, 0.25) is 0 Å². The fraction of sp³-hybridized carbons (Fsp3) is 0.286. The molecule has 4 rings (SSSR count). The first kappa shape index (κ1) is 17.3. The van der Waals surface area contributed by atoms with Gasteiger partial charge in [-0.1, -0.05) is 0 Å². The number of aromatic nitrogens is 12. The molecule has 4 aromatic heterocycles. The molecule has 0 aromatic carbocycles. The Morgan fingerprint density at radius 3 is 1.21 bits per heavy atom. The van der Waals surface area contributed by atoms with Crippen LogP contribution >= 0.6 is 0 Å². The molecule has 2 N–H and O–H groups in total. The summed E-state index contributed by atoms with van der Waals surface area (Å²) in [4.78, 5) is 0. The number of hydrogen-bond acceptors (Lipinski definition) is 12. The molecule has 142 valence electrons. The van der Waals surface area contributed by atoms with E-state index in [0.717, 1.165) is 22.8 Å². The van der Waals surface area contributed by atoms with Crippen molar-refractivity contribution in [2.24, 2.45) is 0 Å². The fourth-order valence-electron chi connectivity index (χ4n) is 2.49. The summed E-state index contributed by atoms with van der Waals surface area (Å²) >= 11 is 0. The third-order valence-electron chi connectivity index (χ3n) is 3.62. The molecule has 0 fully saturated rings. The van der Waals surface area contributed by atoms with E-state index in [-0.39, 0.29) is 23.8 Å². The molecular formula is C14H16N14. The van der Waals surface area contributed by atoms with Crippen LogP contribution in [0.15, 0.2) is 12.1 Å². The van der Waals surface area contributed by atoms with Crippen molar-refractivity contribution < 1.29 is 0 Å². The van der Waals surface area contributed by atoms with E-state index in [2.05, 4.69) is 61.8 Å². The lowest BCUT2D eigenvalue weighted by Gasteiger charge is -2.06. The predicted molar refractivity (Wildman–Crippen MR) is 95.7 cm³/mol. The van der Waals surface area contributed by atoms with Gasteiger partial charge in [0.15, 0.2) is 0 Å². The summed E-state index contributed by atoms with van der Waals surface area (Å²) in [5.74, 6) is 0.781. The van der Waals surface area contributed by atoms with Crippen LogP contribution in [-0.4, -0.2) is 60.4 Å². The van der Waals surface area contributed by atoms with Crippen LogP contribution in [0, 0.1) is 27.7 Å². The summed E-state index contributed by atoms with van der Waals surface area (Å²) in [5, 5.41) is 40.2. The van der Waals surface area contributed by atoms with Crippen molar-refractivity contribution >= 4 is 11.9 Å². The number of hydrogen-bond donors (Lipinski definition) is 2. The van der Waals surface area contributed by atoms with Crippen LogP contribution in [-0.2, 0) is 0 Å². The van der Waals surface area contributed by atoms with Crippen LogP contribution in [0.1, 0.15) is 22.8 Å². The van der Waals surface area contributed by atoms with Gasteiger partial charge >= 0.3 is 0 Å². The predicted octanol–water partition coefficient (Wildman–Crippen LogP) is -0.109. The highest BCUT2D eigenvalue weighted by Gasteiger charge is 2.10. The fourth-order valence-corrected chi connectivity index (χ4v) is 2.49. The maximum absolute atomic E-state index is 4.28. The van der Waals surface area contributed by atoms with Crippen LogP contribution < -0.4 is 10.9 Å². The zero-order valence-corrected chi connectivity index (χ0v) is 15.5. The third kappa shape index (κ3) is 3.42. The topological polar surface area (TPSA) is 163 Å². The van der Waals surface area contributed by atoms with Crippen LogP contribution in [0.5, 0.6) is 0 Å². The molecule has 0 bridgehead atoms. The maximum Gasteiger partial charge on any atom is 0.289 e. The first-order valence-corrected chi connectivity index (χ1v) is 8.24. The number of anilines is 2. The minimum absolute atomic E-state index is 0.122. The summed E-state index contributed by atoms with van der Waals surface area (Å²) in [6.45, 7) is 7.55. The van der Waals surface area contributed by atoms with Gasteiger partial charge in [0.1, 0.15) is 0 Å². The Morgan fingerprint density at radius 2 is 0.929 bits per heavy atom. The average Bonchev–Trinajstić information content (AvgIpc) is 3.21. The summed E-state index contributed by atoms with van der Waals surface area (Å²) in [6.07, 6.45) is 0.